The molecule has 2 unspecified atom stereocenters. The van der Waals surface area contributed by atoms with E-state index in [1.807, 2.05) is 24.3 Å². The molecule has 1 saturated carbocycles. The lowest BCUT2D eigenvalue weighted by Crippen LogP contribution is -2.32. The summed E-state index contributed by atoms with van der Waals surface area (Å²) in [5, 5.41) is 31.1. The summed E-state index contributed by atoms with van der Waals surface area (Å²) in [7, 11) is 0. The van der Waals surface area contributed by atoms with E-state index in [1.54, 1.807) is 12.1 Å². The van der Waals surface area contributed by atoms with Crippen LogP contribution in [0.15, 0.2) is 36.4 Å². The average Bonchev–Trinajstić information content (AvgIpc) is 3.01. The Hall–Kier alpha value is -1.34. The highest BCUT2D eigenvalue weighted by Crippen LogP contribution is 2.40. The predicted octanol–water partition coefficient (Wildman–Crippen LogP) is 5.36. The molecule has 1 aromatic rings. The molecule has 1 aliphatic carbocycles. The standard InChI is InChI=1S/C25H35ClO5S/c1-2-3-8-15-25(31,18-11-13-19(26)14-12-18)17-32-24-20(21(27)16-22(24)28)9-6-4-5-7-10-23(29)30/h4,6,11-14,20,22,24,28,31H,2-3,5,7-10,15-17H2,1H3,(H,29,30)/t20-,22?,24+,25?/m0/s1. The number of carboxylic acids is 1. The Bertz CT molecular complexity index is 766. The molecule has 1 aliphatic rings. The first kappa shape index (κ1) is 26.9. The minimum absolute atomic E-state index is 0.0474. The number of carbonyl (C=O) groups is 2. The van der Waals surface area contributed by atoms with Gasteiger partial charge in [0, 0.05) is 34.8 Å². The molecule has 0 aliphatic heterocycles. The molecule has 0 radical (unpaired) electrons. The van der Waals surface area contributed by atoms with Crippen molar-refractivity contribution in [2.24, 2.45) is 5.92 Å². The number of aliphatic hydroxyl groups is 2. The molecule has 2 rings (SSSR count). The van der Waals surface area contributed by atoms with Gasteiger partial charge in [0.2, 0.25) is 0 Å². The maximum absolute atomic E-state index is 12.5. The van der Waals surface area contributed by atoms with Crippen LogP contribution in [0.5, 0.6) is 0 Å². The smallest absolute Gasteiger partial charge is 0.303 e. The Labute approximate surface area is 200 Å². The molecule has 0 spiro atoms. The van der Waals surface area contributed by atoms with Gasteiger partial charge in [0.25, 0.3) is 0 Å². The van der Waals surface area contributed by atoms with Crippen molar-refractivity contribution in [2.45, 2.75) is 81.7 Å². The second-order valence-electron chi connectivity index (χ2n) is 8.61. The van der Waals surface area contributed by atoms with Crippen LogP contribution in [-0.4, -0.2) is 44.2 Å². The van der Waals surface area contributed by atoms with Crippen molar-refractivity contribution in [3.05, 3.63) is 47.0 Å². The number of unbranched alkanes of at least 4 members (excludes halogenated alkanes) is 3. The summed E-state index contributed by atoms with van der Waals surface area (Å²) in [5.74, 6) is -0.662. The van der Waals surface area contributed by atoms with Crippen LogP contribution in [0.25, 0.3) is 0 Å². The summed E-state index contributed by atoms with van der Waals surface area (Å²) >= 11 is 7.50. The maximum Gasteiger partial charge on any atom is 0.303 e. The Morgan fingerprint density at radius 1 is 1.22 bits per heavy atom. The van der Waals surface area contributed by atoms with E-state index in [0.717, 1.165) is 24.8 Å². The molecule has 0 bridgehead atoms. The van der Waals surface area contributed by atoms with Gasteiger partial charge in [0.15, 0.2) is 0 Å². The van der Waals surface area contributed by atoms with Crippen molar-refractivity contribution < 1.29 is 24.9 Å². The van der Waals surface area contributed by atoms with E-state index in [9.17, 15) is 19.8 Å². The number of ketones is 1. The van der Waals surface area contributed by atoms with E-state index in [4.69, 9.17) is 16.7 Å². The van der Waals surface area contributed by atoms with Gasteiger partial charge < -0.3 is 15.3 Å². The Morgan fingerprint density at radius 2 is 1.94 bits per heavy atom. The minimum atomic E-state index is -1.05. The van der Waals surface area contributed by atoms with Crippen LogP contribution < -0.4 is 0 Å². The molecule has 0 saturated heterocycles. The summed E-state index contributed by atoms with van der Waals surface area (Å²) in [6, 6.07) is 7.25. The summed E-state index contributed by atoms with van der Waals surface area (Å²) in [5.41, 5.74) is -0.244. The Kier molecular flexibility index (Phi) is 11.3. The van der Waals surface area contributed by atoms with Crippen LogP contribution in [0, 0.1) is 5.92 Å². The van der Waals surface area contributed by atoms with Crippen molar-refractivity contribution in [1.82, 2.24) is 0 Å². The third-order valence-corrected chi connectivity index (χ3v) is 7.93. The van der Waals surface area contributed by atoms with Gasteiger partial charge in [-0.05, 0) is 43.4 Å². The molecule has 32 heavy (non-hydrogen) atoms. The predicted molar refractivity (Wildman–Crippen MR) is 130 cm³/mol. The number of thioether (sulfide) groups is 1. The van der Waals surface area contributed by atoms with Gasteiger partial charge in [0.1, 0.15) is 5.78 Å². The van der Waals surface area contributed by atoms with Gasteiger partial charge >= 0.3 is 5.97 Å². The molecular weight excluding hydrogens is 448 g/mol. The number of carboxylic acid groups (broad SMARTS) is 1. The van der Waals surface area contributed by atoms with E-state index < -0.39 is 17.7 Å². The maximum atomic E-state index is 12.5. The summed E-state index contributed by atoms with van der Waals surface area (Å²) in [4.78, 5) is 23.1. The van der Waals surface area contributed by atoms with Crippen LogP contribution >= 0.6 is 23.4 Å². The van der Waals surface area contributed by atoms with Gasteiger partial charge in [-0.1, -0.05) is 62.1 Å². The third-order valence-electron chi connectivity index (χ3n) is 6.01. The molecule has 0 aromatic heterocycles. The monoisotopic (exact) mass is 482 g/mol. The fourth-order valence-corrected chi connectivity index (χ4v) is 5.83. The van der Waals surface area contributed by atoms with Crippen molar-refractivity contribution in [3.8, 4) is 0 Å². The topological polar surface area (TPSA) is 94.8 Å². The van der Waals surface area contributed by atoms with Crippen LogP contribution in [-0.2, 0) is 15.2 Å². The lowest BCUT2D eigenvalue weighted by Gasteiger charge is -2.31. The Balaban J connectivity index is 2.03. The normalized spacial score (nSPS) is 23.0. The average molecular weight is 483 g/mol. The lowest BCUT2D eigenvalue weighted by atomic mass is 9.90. The molecule has 5 nitrogen and oxygen atoms in total. The van der Waals surface area contributed by atoms with Crippen LogP contribution in [0.2, 0.25) is 5.02 Å². The number of hydrogen-bond donors (Lipinski definition) is 3. The van der Waals surface area contributed by atoms with Crippen LogP contribution in [0.4, 0.5) is 0 Å². The number of hydrogen-bond acceptors (Lipinski definition) is 5. The van der Waals surface area contributed by atoms with Gasteiger partial charge in [-0.3, -0.25) is 9.59 Å². The number of carbonyl (C=O) groups excluding carboxylic acids is 1. The molecule has 7 heteroatoms. The second kappa shape index (κ2) is 13.4. The summed E-state index contributed by atoms with van der Waals surface area (Å²) in [6.45, 7) is 2.12. The molecule has 3 N–H and O–H groups in total. The zero-order valence-corrected chi connectivity index (χ0v) is 20.3. The number of allylic oxidation sites excluding steroid dienone is 2. The number of aliphatic hydroxyl groups excluding tert-OH is 1. The number of halogens is 1. The fraction of sp³-hybridized carbons (Fsp3) is 0.600. The van der Waals surface area contributed by atoms with Crippen molar-refractivity contribution >= 4 is 35.1 Å². The van der Waals surface area contributed by atoms with Gasteiger partial charge in [0.05, 0.1) is 11.7 Å². The SMILES string of the molecule is CCCCCC(O)(CS[C@H]1C(O)CC(=O)[C@@H]1CC=CCCCC(=O)O)c1ccc(Cl)cc1. The number of benzene rings is 1. The van der Waals surface area contributed by atoms with E-state index in [1.165, 1.54) is 11.8 Å². The van der Waals surface area contributed by atoms with Gasteiger partial charge in [-0.2, -0.15) is 11.8 Å². The van der Waals surface area contributed by atoms with Gasteiger partial charge in [-0.15, -0.1) is 0 Å². The minimum Gasteiger partial charge on any atom is -0.481 e. The largest absolute Gasteiger partial charge is 0.481 e. The molecule has 0 amide bonds. The first-order valence-electron chi connectivity index (χ1n) is 11.4. The number of rotatable bonds is 14. The molecular formula is C25H35ClO5S. The summed E-state index contributed by atoms with van der Waals surface area (Å²) < 4.78 is 0. The third kappa shape index (κ3) is 8.22. The molecule has 178 valence electrons. The van der Waals surface area contributed by atoms with Crippen molar-refractivity contribution in [1.29, 1.82) is 0 Å². The fourth-order valence-electron chi connectivity index (χ4n) is 4.11. The van der Waals surface area contributed by atoms with Gasteiger partial charge in [-0.25, -0.2) is 0 Å². The lowest BCUT2D eigenvalue weighted by molar-refractivity contribution is -0.137. The van der Waals surface area contributed by atoms with E-state index in [0.29, 0.717) is 36.5 Å². The van der Waals surface area contributed by atoms with Crippen LogP contribution in [0.1, 0.15) is 70.3 Å². The highest BCUT2D eigenvalue weighted by molar-refractivity contribution is 8.00. The summed E-state index contributed by atoms with van der Waals surface area (Å²) in [6.07, 6.45) is 8.72. The quantitative estimate of drug-likeness (QED) is 0.244. The van der Waals surface area contributed by atoms with Crippen LogP contribution in [0.3, 0.4) is 0 Å². The van der Waals surface area contributed by atoms with E-state index in [2.05, 4.69) is 6.92 Å². The highest BCUT2D eigenvalue weighted by Gasteiger charge is 2.42. The van der Waals surface area contributed by atoms with E-state index >= 15 is 0 Å². The zero-order chi connectivity index (χ0) is 23.6. The highest BCUT2D eigenvalue weighted by atomic mass is 35.5. The van der Waals surface area contributed by atoms with E-state index in [-0.39, 0.29) is 29.8 Å². The molecule has 1 fully saturated rings. The van der Waals surface area contributed by atoms with Crippen molar-refractivity contribution in [2.75, 3.05) is 5.75 Å². The number of Topliss-reactive ketones (excluding diaryl/α,β-unsaturated/α-hetero) is 1. The Morgan fingerprint density at radius 3 is 2.59 bits per heavy atom. The molecule has 1 aromatic carbocycles. The first-order chi connectivity index (χ1) is 15.3. The number of aliphatic carboxylic acids is 1. The molecule has 4 atom stereocenters. The van der Waals surface area contributed by atoms with Crippen molar-refractivity contribution in [3.63, 3.8) is 0 Å². The zero-order valence-electron chi connectivity index (χ0n) is 18.7. The second-order valence-corrected chi connectivity index (χ2v) is 10.2. The first-order valence-corrected chi connectivity index (χ1v) is 12.9. The molecule has 0 heterocycles.